The Morgan fingerprint density at radius 3 is 2.52 bits per heavy atom. The highest BCUT2D eigenvalue weighted by Crippen LogP contribution is 2.34. The van der Waals surface area contributed by atoms with Gasteiger partial charge in [-0.3, -0.25) is 9.79 Å². The number of nitrogens with zero attached hydrogens (tertiary/aromatic N) is 2. The topological polar surface area (TPSA) is 56.7 Å². The molecule has 0 aliphatic heterocycles. The van der Waals surface area contributed by atoms with Crippen molar-refractivity contribution >= 4 is 11.9 Å². The maximum absolute atomic E-state index is 11.9. The van der Waals surface area contributed by atoms with Gasteiger partial charge in [0.05, 0.1) is 6.54 Å². The Hall–Kier alpha value is -1.26. The van der Waals surface area contributed by atoms with Crippen molar-refractivity contribution in [3.05, 3.63) is 0 Å². The quantitative estimate of drug-likeness (QED) is 0.505. The summed E-state index contributed by atoms with van der Waals surface area (Å²) < 4.78 is 0. The Labute approximate surface area is 129 Å². The number of hydrogen-bond donors (Lipinski definition) is 2. The Morgan fingerprint density at radius 2 is 1.95 bits per heavy atom. The van der Waals surface area contributed by atoms with E-state index in [-0.39, 0.29) is 5.91 Å². The van der Waals surface area contributed by atoms with Crippen LogP contribution in [0.25, 0.3) is 0 Å². The molecule has 0 radical (unpaired) electrons. The summed E-state index contributed by atoms with van der Waals surface area (Å²) in [7, 11) is 0. The second-order valence-corrected chi connectivity index (χ2v) is 5.61. The van der Waals surface area contributed by atoms with Gasteiger partial charge in [-0.05, 0) is 39.5 Å². The number of rotatable bonds is 9. The molecule has 1 amide bonds. The number of nitrogens with one attached hydrogen (secondary N) is 2. The van der Waals surface area contributed by atoms with E-state index in [0.29, 0.717) is 19.0 Å². The lowest BCUT2D eigenvalue weighted by Gasteiger charge is -2.18. The van der Waals surface area contributed by atoms with Crippen molar-refractivity contribution < 1.29 is 4.79 Å². The molecule has 2 atom stereocenters. The maximum Gasteiger partial charge on any atom is 0.224 e. The van der Waals surface area contributed by atoms with Gasteiger partial charge >= 0.3 is 0 Å². The first-order chi connectivity index (χ1) is 10.2. The van der Waals surface area contributed by atoms with Crippen LogP contribution in [0.2, 0.25) is 0 Å². The fraction of sp³-hybridized carbons (Fsp3) is 0.875. The molecule has 2 unspecified atom stereocenters. The van der Waals surface area contributed by atoms with E-state index in [1.54, 1.807) is 0 Å². The van der Waals surface area contributed by atoms with Crippen molar-refractivity contribution in [1.82, 2.24) is 15.5 Å². The molecule has 21 heavy (non-hydrogen) atoms. The van der Waals surface area contributed by atoms with Crippen molar-refractivity contribution in [3.63, 3.8) is 0 Å². The van der Waals surface area contributed by atoms with E-state index in [2.05, 4.69) is 29.5 Å². The van der Waals surface area contributed by atoms with E-state index in [1.165, 1.54) is 19.3 Å². The number of aliphatic imine (C=N–C) groups is 1. The SMILES string of the molecule is CCCC1CC1NC(=NCCC(=O)N(CC)CC)NCC. The maximum atomic E-state index is 11.9. The van der Waals surface area contributed by atoms with Gasteiger partial charge in [-0.2, -0.15) is 0 Å². The molecule has 5 heteroatoms. The standard InChI is InChI=1S/C16H32N4O/c1-5-9-13-12-14(13)19-16(17-6-2)18-11-10-15(21)20(7-3)8-4/h13-14H,5-12H2,1-4H3,(H2,17,18,19). The summed E-state index contributed by atoms with van der Waals surface area (Å²) in [5.41, 5.74) is 0. The summed E-state index contributed by atoms with van der Waals surface area (Å²) in [6.07, 6.45) is 4.27. The molecule has 1 aliphatic rings. The molecule has 0 aromatic rings. The molecular formula is C16H32N4O. The van der Waals surface area contributed by atoms with Crippen LogP contribution in [-0.4, -0.2) is 49.0 Å². The molecule has 1 fully saturated rings. The van der Waals surface area contributed by atoms with E-state index in [4.69, 9.17) is 0 Å². The van der Waals surface area contributed by atoms with Gasteiger partial charge in [0.25, 0.3) is 0 Å². The minimum atomic E-state index is 0.190. The fourth-order valence-electron chi connectivity index (χ4n) is 2.61. The lowest BCUT2D eigenvalue weighted by molar-refractivity contribution is -0.130. The molecular weight excluding hydrogens is 264 g/mol. The molecule has 1 saturated carbocycles. The fourth-order valence-corrected chi connectivity index (χ4v) is 2.61. The van der Waals surface area contributed by atoms with Crippen LogP contribution in [0.3, 0.4) is 0 Å². The van der Waals surface area contributed by atoms with Crippen LogP contribution < -0.4 is 10.6 Å². The molecule has 0 saturated heterocycles. The Morgan fingerprint density at radius 1 is 1.24 bits per heavy atom. The van der Waals surface area contributed by atoms with Crippen molar-refractivity contribution in [2.24, 2.45) is 10.9 Å². The summed E-state index contributed by atoms with van der Waals surface area (Å²) in [5.74, 6) is 1.85. The van der Waals surface area contributed by atoms with Crippen molar-refractivity contribution in [3.8, 4) is 0 Å². The van der Waals surface area contributed by atoms with Gasteiger partial charge in [-0.1, -0.05) is 13.3 Å². The first kappa shape index (κ1) is 17.8. The normalized spacial score (nSPS) is 21.0. The molecule has 2 N–H and O–H groups in total. The third kappa shape index (κ3) is 6.36. The number of amides is 1. The van der Waals surface area contributed by atoms with Crippen molar-refractivity contribution in [1.29, 1.82) is 0 Å². The molecule has 0 aromatic carbocycles. The van der Waals surface area contributed by atoms with Crippen LogP contribution in [-0.2, 0) is 4.79 Å². The third-order valence-corrected chi connectivity index (χ3v) is 3.96. The summed E-state index contributed by atoms with van der Waals surface area (Å²) in [6.45, 7) is 11.3. The van der Waals surface area contributed by atoms with E-state index in [1.807, 2.05) is 18.7 Å². The molecule has 0 spiro atoms. The highest BCUT2D eigenvalue weighted by molar-refractivity contribution is 5.81. The van der Waals surface area contributed by atoms with E-state index < -0.39 is 0 Å². The number of carbonyl (C=O) groups excluding carboxylic acids is 1. The van der Waals surface area contributed by atoms with Crippen LogP contribution >= 0.6 is 0 Å². The van der Waals surface area contributed by atoms with Crippen LogP contribution in [0.15, 0.2) is 4.99 Å². The second kappa shape index (κ2) is 9.64. The molecule has 1 aliphatic carbocycles. The monoisotopic (exact) mass is 296 g/mol. The van der Waals surface area contributed by atoms with Gasteiger partial charge in [0.2, 0.25) is 5.91 Å². The van der Waals surface area contributed by atoms with Gasteiger partial charge < -0.3 is 15.5 Å². The largest absolute Gasteiger partial charge is 0.357 e. The molecule has 122 valence electrons. The lowest BCUT2D eigenvalue weighted by Crippen LogP contribution is -2.39. The average molecular weight is 296 g/mol. The highest BCUT2D eigenvalue weighted by atomic mass is 16.2. The summed E-state index contributed by atoms with van der Waals surface area (Å²) in [5, 5.41) is 6.73. The van der Waals surface area contributed by atoms with Crippen LogP contribution in [0.4, 0.5) is 0 Å². The summed E-state index contributed by atoms with van der Waals surface area (Å²) in [6, 6.07) is 0.571. The molecule has 5 nitrogen and oxygen atoms in total. The Kier molecular flexibility index (Phi) is 8.16. The van der Waals surface area contributed by atoms with Gasteiger partial charge in [-0.15, -0.1) is 0 Å². The lowest BCUT2D eigenvalue weighted by atomic mass is 10.2. The number of guanidine groups is 1. The van der Waals surface area contributed by atoms with E-state index in [0.717, 1.165) is 31.5 Å². The molecule has 1 rings (SSSR count). The summed E-state index contributed by atoms with van der Waals surface area (Å²) >= 11 is 0. The van der Waals surface area contributed by atoms with Gasteiger partial charge in [0.15, 0.2) is 5.96 Å². The average Bonchev–Trinajstić information content (AvgIpc) is 3.18. The smallest absolute Gasteiger partial charge is 0.224 e. The van der Waals surface area contributed by atoms with Crippen molar-refractivity contribution in [2.45, 2.75) is 59.4 Å². The summed E-state index contributed by atoms with van der Waals surface area (Å²) in [4.78, 5) is 18.3. The Bertz CT molecular complexity index is 339. The van der Waals surface area contributed by atoms with Gasteiger partial charge in [0.1, 0.15) is 0 Å². The van der Waals surface area contributed by atoms with Gasteiger partial charge in [0, 0.05) is 32.1 Å². The van der Waals surface area contributed by atoms with Crippen molar-refractivity contribution in [2.75, 3.05) is 26.2 Å². The minimum absolute atomic E-state index is 0.190. The highest BCUT2D eigenvalue weighted by Gasteiger charge is 2.36. The predicted octanol–water partition coefficient (Wildman–Crippen LogP) is 1.99. The molecule has 0 heterocycles. The van der Waals surface area contributed by atoms with Crippen LogP contribution in [0.5, 0.6) is 0 Å². The first-order valence-electron chi connectivity index (χ1n) is 8.48. The van der Waals surface area contributed by atoms with Gasteiger partial charge in [-0.25, -0.2) is 0 Å². The minimum Gasteiger partial charge on any atom is -0.357 e. The first-order valence-corrected chi connectivity index (χ1v) is 8.48. The Balaban J connectivity index is 2.36. The van der Waals surface area contributed by atoms with Crippen LogP contribution in [0, 0.1) is 5.92 Å². The third-order valence-electron chi connectivity index (χ3n) is 3.96. The number of hydrogen-bond acceptors (Lipinski definition) is 2. The zero-order valence-corrected chi connectivity index (χ0v) is 14.1. The van der Waals surface area contributed by atoms with E-state index in [9.17, 15) is 4.79 Å². The molecule has 0 bridgehead atoms. The predicted molar refractivity (Wildman–Crippen MR) is 88.5 cm³/mol. The molecule has 0 aromatic heterocycles. The zero-order chi connectivity index (χ0) is 15.7. The number of carbonyl (C=O) groups is 1. The second-order valence-electron chi connectivity index (χ2n) is 5.61. The van der Waals surface area contributed by atoms with E-state index >= 15 is 0 Å². The van der Waals surface area contributed by atoms with Crippen LogP contribution in [0.1, 0.15) is 53.4 Å². The zero-order valence-electron chi connectivity index (χ0n) is 14.1.